The highest BCUT2D eigenvalue weighted by Crippen LogP contribution is 2.31. The fourth-order valence-electron chi connectivity index (χ4n) is 4.42. The largest absolute Gasteiger partial charge is 0.490 e. The number of carbonyl (C=O) groups is 1. The van der Waals surface area contributed by atoms with Gasteiger partial charge in [-0.2, -0.15) is 4.98 Å². The third kappa shape index (κ3) is 5.34. The van der Waals surface area contributed by atoms with Crippen LogP contribution >= 0.6 is 0 Å². The summed E-state index contributed by atoms with van der Waals surface area (Å²) in [6.45, 7) is 7.36. The number of fused-ring (bicyclic) bond motifs is 1. The summed E-state index contributed by atoms with van der Waals surface area (Å²) in [7, 11) is 0. The minimum Gasteiger partial charge on any atom is -0.490 e. The number of rotatable bonds is 9. The molecule has 0 aliphatic carbocycles. The molecule has 0 radical (unpaired) electrons. The summed E-state index contributed by atoms with van der Waals surface area (Å²) < 4.78 is 17.8. The molecule has 0 unspecified atom stereocenters. The Morgan fingerprint density at radius 1 is 1.18 bits per heavy atom. The van der Waals surface area contributed by atoms with Gasteiger partial charge in [-0.05, 0) is 63.4 Å². The van der Waals surface area contributed by atoms with Crippen LogP contribution in [-0.4, -0.2) is 51.8 Å². The quantitative estimate of drug-likeness (QED) is 0.307. The minimum absolute atomic E-state index is 0.00920. The van der Waals surface area contributed by atoms with Crippen molar-refractivity contribution in [2.75, 3.05) is 29.9 Å². The molecule has 198 valence electrons. The number of aromatic nitrogens is 3. The Kier molecular flexibility index (Phi) is 7.04. The number of para-hydroxylation sites is 2. The summed E-state index contributed by atoms with van der Waals surface area (Å²) in [6.07, 6.45) is 5.22. The molecule has 0 spiro atoms. The Hall–Kier alpha value is -4.34. The maximum atomic E-state index is 11.6. The molecule has 10 nitrogen and oxygen atoms in total. The number of carboxylic acid groups (broad SMARTS) is 1. The number of nitrogens with zero attached hydrogens (tertiary/aromatic N) is 4. The van der Waals surface area contributed by atoms with E-state index in [9.17, 15) is 9.90 Å². The van der Waals surface area contributed by atoms with E-state index in [1.165, 1.54) is 0 Å². The van der Waals surface area contributed by atoms with E-state index in [1.54, 1.807) is 44.4 Å². The van der Waals surface area contributed by atoms with Crippen molar-refractivity contribution in [3.8, 4) is 11.5 Å². The lowest BCUT2D eigenvalue weighted by atomic mass is 9.85. The van der Waals surface area contributed by atoms with Crippen molar-refractivity contribution >= 4 is 34.7 Å². The fraction of sp³-hybridized carbons (Fsp3) is 0.357. The number of oxazole rings is 1. The Labute approximate surface area is 220 Å². The number of carboxylic acids is 1. The summed E-state index contributed by atoms with van der Waals surface area (Å²) in [5.41, 5.74) is 0.711. The Morgan fingerprint density at radius 3 is 2.79 bits per heavy atom. The molecule has 1 atom stereocenters. The number of aliphatic carboxylic acids is 1. The van der Waals surface area contributed by atoms with Crippen molar-refractivity contribution in [2.24, 2.45) is 0 Å². The van der Waals surface area contributed by atoms with Crippen LogP contribution in [0.15, 0.2) is 59.3 Å². The highest BCUT2D eigenvalue weighted by molar-refractivity contribution is 5.83. The van der Waals surface area contributed by atoms with Gasteiger partial charge in [0.05, 0.1) is 31.0 Å². The molecule has 4 aromatic rings. The zero-order valence-corrected chi connectivity index (χ0v) is 21.7. The van der Waals surface area contributed by atoms with E-state index in [0.717, 1.165) is 36.7 Å². The van der Waals surface area contributed by atoms with Crippen LogP contribution in [0, 0.1) is 0 Å². The lowest BCUT2D eigenvalue weighted by Crippen LogP contribution is -2.41. The van der Waals surface area contributed by atoms with E-state index in [0.29, 0.717) is 35.6 Å². The number of piperidine rings is 1. The van der Waals surface area contributed by atoms with Gasteiger partial charge in [-0.1, -0.05) is 18.2 Å². The van der Waals surface area contributed by atoms with E-state index in [1.807, 2.05) is 31.2 Å². The molecule has 2 N–H and O–H groups in total. The third-order valence-electron chi connectivity index (χ3n) is 6.65. The molecule has 0 bridgehead atoms. The molecule has 10 heteroatoms. The maximum absolute atomic E-state index is 11.6. The highest BCUT2D eigenvalue weighted by atomic mass is 16.5. The molecular weight excluding hydrogens is 486 g/mol. The minimum atomic E-state index is -1.04. The van der Waals surface area contributed by atoms with E-state index in [2.05, 4.69) is 20.2 Å². The standard InChI is InChI=1S/C28H31N5O5/c1-4-36-22-9-5-6-10-23(22)37-19-8-7-13-33(17-19)25-16-29-15-24(31-25)32-27-30-20-14-18(11-12-21(20)38-27)28(2,3)26(34)35/h5-6,9-12,14-16,19H,4,7-8,13,17H2,1-3H3,(H,34,35)(H,30,31,32)/t19-/m1/s1. The molecule has 0 amide bonds. The first-order valence-corrected chi connectivity index (χ1v) is 12.7. The van der Waals surface area contributed by atoms with Gasteiger partial charge >= 0.3 is 12.0 Å². The molecule has 38 heavy (non-hydrogen) atoms. The van der Waals surface area contributed by atoms with Crippen LogP contribution in [-0.2, 0) is 10.2 Å². The average molecular weight is 518 g/mol. The summed E-state index contributed by atoms with van der Waals surface area (Å²) >= 11 is 0. The van der Waals surface area contributed by atoms with Crippen LogP contribution in [0.2, 0.25) is 0 Å². The van der Waals surface area contributed by atoms with Gasteiger partial charge in [0.2, 0.25) is 0 Å². The number of hydrogen-bond acceptors (Lipinski definition) is 9. The van der Waals surface area contributed by atoms with Gasteiger partial charge < -0.3 is 23.9 Å². The van der Waals surface area contributed by atoms with Crippen molar-refractivity contribution in [3.05, 3.63) is 60.4 Å². The predicted octanol–water partition coefficient (Wildman–Crippen LogP) is 5.17. The summed E-state index contributed by atoms with van der Waals surface area (Å²) in [4.78, 5) is 27.4. The molecule has 2 aromatic heterocycles. The molecule has 1 aliphatic heterocycles. The normalized spacial score (nSPS) is 15.9. The van der Waals surface area contributed by atoms with Crippen LogP contribution in [0.4, 0.5) is 17.7 Å². The monoisotopic (exact) mass is 517 g/mol. The lowest BCUT2D eigenvalue weighted by Gasteiger charge is -2.33. The molecule has 1 saturated heterocycles. The van der Waals surface area contributed by atoms with Gasteiger partial charge in [0.15, 0.2) is 22.9 Å². The van der Waals surface area contributed by atoms with Crippen LogP contribution in [0.5, 0.6) is 11.5 Å². The van der Waals surface area contributed by atoms with Crippen molar-refractivity contribution in [1.82, 2.24) is 15.0 Å². The zero-order chi connectivity index (χ0) is 26.7. The van der Waals surface area contributed by atoms with Crippen LogP contribution in [0.1, 0.15) is 39.2 Å². The van der Waals surface area contributed by atoms with Gasteiger partial charge in [0.1, 0.15) is 17.4 Å². The first-order chi connectivity index (χ1) is 18.3. The topological polar surface area (TPSA) is 123 Å². The Morgan fingerprint density at radius 2 is 2.00 bits per heavy atom. The first-order valence-electron chi connectivity index (χ1n) is 12.7. The summed E-state index contributed by atoms with van der Waals surface area (Å²) in [6, 6.07) is 13.2. The molecular formula is C28H31N5O5. The van der Waals surface area contributed by atoms with Gasteiger partial charge in [0.25, 0.3) is 0 Å². The van der Waals surface area contributed by atoms with Crippen LogP contribution < -0.4 is 19.7 Å². The molecule has 1 fully saturated rings. The maximum Gasteiger partial charge on any atom is 0.313 e. The summed E-state index contributed by atoms with van der Waals surface area (Å²) in [5.74, 6) is 1.80. The number of nitrogens with one attached hydrogen (secondary N) is 1. The molecule has 0 saturated carbocycles. The van der Waals surface area contributed by atoms with Gasteiger partial charge in [-0.3, -0.25) is 15.1 Å². The van der Waals surface area contributed by atoms with Crippen molar-refractivity contribution < 1.29 is 23.8 Å². The average Bonchev–Trinajstić information content (AvgIpc) is 3.32. The molecule has 1 aliphatic rings. The Balaban J connectivity index is 1.29. The second-order valence-corrected chi connectivity index (χ2v) is 9.73. The van der Waals surface area contributed by atoms with E-state index < -0.39 is 11.4 Å². The number of anilines is 3. The van der Waals surface area contributed by atoms with Crippen LogP contribution in [0.25, 0.3) is 11.1 Å². The van der Waals surface area contributed by atoms with E-state index in [-0.39, 0.29) is 12.1 Å². The first kappa shape index (κ1) is 25.3. The smallest absolute Gasteiger partial charge is 0.313 e. The number of ether oxygens (including phenoxy) is 2. The molecule has 2 aromatic carbocycles. The van der Waals surface area contributed by atoms with Crippen molar-refractivity contribution in [1.29, 1.82) is 0 Å². The molecule has 5 rings (SSSR count). The third-order valence-corrected chi connectivity index (χ3v) is 6.65. The van der Waals surface area contributed by atoms with Crippen molar-refractivity contribution in [2.45, 2.75) is 45.1 Å². The second kappa shape index (κ2) is 10.6. The second-order valence-electron chi connectivity index (χ2n) is 9.73. The van der Waals surface area contributed by atoms with Crippen molar-refractivity contribution in [3.63, 3.8) is 0 Å². The summed E-state index contributed by atoms with van der Waals surface area (Å²) in [5, 5.41) is 12.6. The Bertz CT molecular complexity index is 1440. The van der Waals surface area contributed by atoms with E-state index >= 15 is 0 Å². The predicted molar refractivity (Wildman–Crippen MR) is 143 cm³/mol. The van der Waals surface area contributed by atoms with Gasteiger partial charge in [0, 0.05) is 6.54 Å². The SMILES string of the molecule is CCOc1ccccc1O[C@@H]1CCCN(c2cncc(Nc3nc4cc(C(C)(C)C(=O)O)ccc4o3)n2)C1. The van der Waals surface area contributed by atoms with Gasteiger partial charge in [-0.15, -0.1) is 0 Å². The zero-order valence-electron chi connectivity index (χ0n) is 21.7. The van der Waals surface area contributed by atoms with E-state index in [4.69, 9.17) is 18.9 Å². The number of benzene rings is 2. The number of hydrogen-bond donors (Lipinski definition) is 2. The van der Waals surface area contributed by atoms with Crippen LogP contribution in [0.3, 0.4) is 0 Å². The fourth-order valence-corrected chi connectivity index (χ4v) is 4.42. The highest BCUT2D eigenvalue weighted by Gasteiger charge is 2.30. The lowest BCUT2D eigenvalue weighted by molar-refractivity contribution is -0.142. The van der Waals surface area contributed by atoms with Gasteiger partial charge in [-0.25, -0.2) is 4.98 Å². The molecule has 3 heterocycles.